The number of hydrogen-bond acceptors (Lipinski definition) is 3. The summed E-state index contributed by atoms with van der Waals surface area (Å²) in [6.45, 7) is 2.49. The highest BCUT2D eigenvalue weighted by molar-refractivity contribution is 5.22. The van der Waals surface area contributed by atoms with Gasteiger partial charge in [0.25, 0.3) is 0 Å². The number of hydrogen-bond donors (Lipinski definition) is 2. The molecule has 1 atom stereocenters. The molecule has 0 aromatic heterocycles. The molecule has 0 aliphatic heterocycles. The molecule has 0 heterocycles. The molecule has 0 bridgehead atoms. The van der Waals surface area contributed by atoms with Gasteiger partial charge in [0, 0.05) is 6.54 Å². The van der Waals surface area contributed by atoms with Crippen LogP contribution in [0.5, 0.6) is 0 Å². The zero-order chi connectivity index (χ0) is 10.4. The van der Waals surface area contributed by atoms with Gasteiger partial charge in [-0.3, -0.25) is 0 Å². The maximum Gasteiger partial charge on any atom is 0.0572 e. The third-order valence-corrected chi connectivity index (χ3v) is 1.97. The van der Waals surface area contributed by atoms with Gasteiger partial charge in [-0.05, 0) is 24.5 Å². The lowest BCUT2D eigenvalue weighted by molar-refractivity contribution is 0.0867. The van der Waals surface area contributed by atoms with Crippen LogP contribution >= 0.6 is 0 Å². The Morgan fingerprint density at radius 1 is 1.29 bits per heavy atom. The van der Waals surface area contributed by atoms with Crippen molar-refractivity contribution < 1.29 is 9.94 Å². The second-order valence-corrected chi connectivity index (χ2v) is 3.39. The number of nitrogens with one attached hydrogen (secondary N) is 1. The smallest absolute Gasteiger partial charge is 0.0572 e. The van der Waals surface area contributed by atoms with Gasteiger partial charge in [-0.1, -0.05) is 24.3 Å². The van der Waals surface area contributed by atoms with Crippen molar-refractivity contribution in [3.05, 3.63) is 35.4 Å². The Labute approximate surface area is 84.7 Å². The van der Waals surface area contributed by atoms with E-state index in [-0.39, 0.29) is 6.10 Å². The van der Waals surface area contributed by atoms with Gasteiger partial charge in [-0.25, -0.2) is 0 Å². The third kappa shape index (κ3) is 3.87. The maximum atomic E-state index is 9.18. The largest absolute Gasteiger partial charge is 0.393 e. The molecule has 0 saturated heterocycles. The molecule has 3 nitrogen and oxygen atoms in total. The lowest BCUT2D eigenvalue weighted by atomic mass is 10.1. The molecular formula is C11H17NO2. The van der Waals surface area contributed by atoms with E-state index in [0.29, 0.717) is 13.0 Å². The first-order valence-corrected chi connectivity index (χ1v) is 4.74. The minimum Gasteiger partial charge on any atom is -0.393 e. The maximum absolute atomic E-state index is 9.18. The van der Waals surface area contributed by atoms with E-state index in [1.54, 1.807) is 14.0 Å². The van der Waals surface area contributed by atoms with Gasteiger partial charge in [0.1, 0.15) is 0 Å². The fourth-order valence-corrected chi connectivity index (χ4v) is 1.29. The van der Waals surface area contributed by atoms with E-state index in [2.05, 4.69) is 5.48 Å². The normalized spacial score (nSPS) is 12.8. The fourth-order valence-electron chi connectivity index (χ4n) is 1.29. The second kappa shape index (κ2) is 5.75. The fraction of sp³-hybridized carbons (Fsp3) is 0.455. The summed E-state index contributed by atoms with van der Waals surface area (Å²) in [6, 6.07) is 8.12. The minimum atomic E-state index is -0.280. The first-order chi connectivity index (χ1) is 6.72. The number of hydroxylamine groups is 1. The van der Waals surface area contributed by atoms with Crippen LogP contribution in [0.25, 0.3) is 0 Å². The Kier molecular flexibility index (Phi) is 4.59. The molecule has 2 N–H and O–H groups in total. The summed E-state index contributed by atoms with van der Waals surface area (Å²) in [7, 11) is 1.60. The molecule has 0 spiro atoms. The lowest BCUT2D eigenvalue weighted by Crippen LogP contribution is -2.10. The van der Waals surface area contributed by atoms with Crippen molar-refractivity contribution in [1.29, 1.82) is 0 Å². The van der Waals surface area contributed by atoms with Crippen molar-refractivity contribution in [3.8, 4) is 0 Å². The molecule has 1 rings (SSSR count). The van der Waals surface area contributed by atoms with E-state index in [1.165, 1.54) is 5.56 Å². The Morgan fingerprint density at radius 3 is 2.36 bits per heavy atom. The van der Waals surface area contributed by atoms with Gasteiger partial charge in [0.2, 0.25) is 0 Å². The van der Waals surface area contributed by atoms with E-state index < -0.39 is 0 Å². The predicted molar refractivity (Wildman–Crippen MR) is 55.7 cm³/mol. The number of rotatable bonds is 5. The van der Waals surface area contributed by atoms with Crippen molar-refractivity contribution in [2.24, 2.45) is 0 Å². The van der Waals surface area contributed by atoms with E-state index >= 15 is 0 Å². The zero-order valence-corrected chi connectivity index (χ0v) is 8.66. The van der Waals surface area contributed by atoms with Crippen molar-refractivity contribution in [3.63, 3.8) is 0 Å². The first-order valence-electron chi connectivity index (χ1n) is 4.74. The summed E-state index contributed by atoms with van der Waals surface area (Å²) in [5.74, 6) is 0. The molecular weight excluding hydrogens is 178 g/mol. The number of aliphatic hydroxyl groups is 1. The molecule has 0 saturated carbocycles. The van der Waals surface area contributed by atoms with E-state index in [1.807, 2.05) is 24.3 Å². The minimum absolute atomic E-state index is 0.280. The van der Waals surface area contributed by atoms with Crippen LogP contribution in [0.3, 0.4) is 0 Å². The molecule has 0 aliphatic carbocycles. The highest BCUT2D eigenvalue weighted by atomic mass is 16.6. The summed E-state index contributed by atoms with van der Waals surface area (Å²) >= 11 is 0. The summed E-state index contributed by atoms with van der Waals surface area (Å²) in [4.78, 5) is 4.75. The van der Waals surface area contributed by atoms with Crippen molar-refractivity contribution in [2.75, 3.05) is 7.11 Å². The van der Waals surface area contributed by atoms with Crippen molar-refractivity contribution in [2.45, 2.75) is 26.0 Å². The summed E-state index contributed by atoms with van der Waals surface area (Å²) in [5.41, 5.74) is 5.10. The van der Waals surface area contributed by atoms with Crippen LogP contribution in [0.2, 0.25) is 0 Å². The van der Waals surface area contributed by atoms with Gasteiger partial charge >= 0.3 is 0 Å². The van der Waals surface area contributed by atoms with E-state index in [9.17, 15) is 5.11 Å². The molecule has 1 aromatic carbocycles. The topological polar surface area (TPSA) is 41.5 Å². The highest BCUT2D eigenvalue weighted by Gasteiger charge is 1.98. The van der Waals surface area contributed by atoms with Crippen LogP contribution in [0.15, 0.2) is 24.3 Å². The molecule has 78 valence electrons. The Balaban J connectivity index is 2.50. The van der Waals surface area contributed by atoms with Gasteiger partial charge in [0.05, 0.1) is 13.2 Å². The molecule has 0 aliphatic rings. The van der Waals surface area contributed by atoms with Crippen LogP contribution in [-0.4, -0.2) is 18.3 Å². The van der Waals surface area contributed by atoms with Crippen LogP contribution in [-0.2, 0) is 17.8 Å². The van der Waals surface area contributed by atoms with Crippen LogP contribution < -0.4 is 5.48 Å². The average Bonchev–Trinajstić information content (AvgIpc) is 2.16. The molecule has 3 heteroatoms. The quantitative estimate of drug-likeness (QED) is 0.695. The summed E-state index contributed by atoms with van der Waals surface area (Å²) in [6.07, 6.45) is 0.427. The monoisotopic (exact) mass is 195 g/mol. The predicted octanol–water partition coefficient (Wildman–Crippen LogP) is 1.26. The molecule has 14 heavy (non-hydrogen) atoms. The standard InChI is InChI=1S/C11H17NO2/c1-9(13)7-10-3-5-11(6-4-10)8-12-14-2/h3-6,9,12-13H,7-8H2,1-2H3. The van der Waals surface area contributed by atoms with Crippen LogP contribution in [0, 0.1) is 0 Å². The number of aliphatic hydroxyl groups excluding tert-OH is 1. The SMILES string of the molecule is CONCc1ccc(CC(C)O)cc1. The molecule has 0 amide bonds. The number of benzene rings is 1. The van der Waals surface area contributed by atoms with Crippen LogP contribution in [0.1, 0.15) is 18.1 Å². The molecule has 1 unspecified atom stereocenters. The average molecular weight is 195 g/mol. The molecule has 0 fully saturated rings. The van der Waals surface area contributed by atoms with Gasteiger partial charge in [0.15, 0.2) is 0 Å². The third-order valence-electron chi connectivity index (χ3n) is 1.97. The Bertz CT molecular complexity index is 256. The Morgan fingerprint density at radius 2 is 1.86 bits per heavy atom. The van der Waals surface area contributed by atoms with Crippen molar-refractivity contribution >= 4 is 0 Å². The van der Waals surface area contributed by atoms with E-state index in [4.69, 9.17) is 4.84 Å². The molecule has 0 radical (unpaired) electrons. The van der Waals surface area contributed by atoms with E-state index in [0.717, 1.165) is 5.56 Å². The Hall–Kier alpha value is -0.900. The first kappa shape index (κ1) is 11.2. The lowest BCUT2D eigenvalue weighted by Gasteiger charge is -2.06. The van der Waals surface area contributed by atoms with Gasteiger partial charge in [-0.15, -0.1) is 0 Å². The van der Waals surface area contributed by atoms with Gasteiger partial charge < -0.3 is 9.94 Å². The highest BCUT2D eigenvalue weighted by Crippen LogP contribution is 2.06. The second-order valence-electron chi connectivity index (χ2n) is 3.39. The van der Waals surface area contributed by atoms with Crippen LogP contribution in [0.4, 0.5) is 0 Å². The zero-order valence-electron chi connectivity index (χ0n) is 8.66. The molecule has 1 aromatic rings. The summed E-state index contributed by atoms with van der Waals surface area (Å²) in [5, 5.41) is 9.18. The van der Waals surface area contributed by atoms with Crippen molar-refractivity contribution in [1.82, 2.24) is 5.48 Å². The van der Waals surface area contributed by atoms with Gasteiger partial charge in [-0.2, -0.15) is 5.48 Å². The summed E-state index contributed by atoms with van der Waals surface area (Å²) < 4.78 is 0.